The lowest BCUT2D eigenvalue weighted by Crippen LogP contribution is -2.25. The molecule has 1 fully saturated rings. The van der Waals surface area contributed by atoms with Gasteiger partial charge in [-0.2, -0.15) is 18.4 Å². The van der Waals surface area contributed by atoms with Crippen molar-refractivity contribution in [1.82, 2.24) is 24.6 Å². The van der Waals surface area contributed by atoms with E-state index in [4.69, 9.17) is 4.98 Å². The van der Waals surface area contributed by atoms with Gasteiger partial charge in [-0.25, -0.2) is 9.78 Å². The molecule has 1 N–H and O–H groups in total. The number of rotatable bonds is 6. The van der Waals surface area contributed by atoms with Crippen LogP contribution >= 0.6 is 0 Å². The first-order chi connectivity index (χ1) is 20.4. The normalized spacial score (nSPS) is 14.5. The van der Waals surface area contributed by atoms with Gasteiger partial charge in [0.05, 0.1) is 23.7 Å². The molecule has 6 rings (SSSR count). The molecule has 2 amide bonds. The molecule has 13 heteroatoms. The van der Waals surface area contributed by atoms with Crippen molar-refractivity contribution in [2.75, 3.05) is 11.9 Å². The number of anilines is 1. The van der Waals surface area contributed by atoms with Crippen molar-refractivity contribution in [3.63, 3.8) is 0 Å². The van der Waals surface area contributed by atoms with Gasteiger partial charge >= 0.3 is 12.3 Å². The Balaban J connectivity index is 1.47. The lowest BCUT2D eigenvalue weighted by Gasteiger charge is -2.19. The highest BCUT2D eigenvalue weighted by atomic mass is 19.4. The van der Waals surface area contributed by atoms with Crippen LogP contribution in [-0.4, -0.2) is 48.8 Å². The van der Waals surface area contributed by atoms with E-state index in [1.54, 1.807) is 35.9 Å². The Hall–Kier alpha value is -5.25. The summed E-state index contributed by atoms with van der Waals surface area (Å²) in [5.74, 6) is 0.211. The van der Waals surface area contributed by atoms with E-state index in [0.29, 0.717) is 33.8 Å². The van der Waals surface area contributed by atoms with Crippen LogP contribution in [-0.2, 0) is 26.3 Å². The minimum atomic E-state index is -4.76. The summed E-state index contributed by atoms with van der Waals surface area (Å²) in [4.78, 5) is 31.8. The number of halogens is 3. The largest absolute Gasteiger partial charge is 0.465 e. The van der Waals surface area contributed by atoms with Crippen LogP contribution in [0.3, 0.4) is 0 Å². The average molecular weight is 588 g/mol. The minimum absolute atomic E-state index is 0.0532. The quantitative estimate of drug-likeness (QED) is 0.312. The zero-order chi connectivity index (χ0) is 30.6. The topological polar surface area (TPSA) is 128 Å². The number of hydrogen-bond acceptors (Lipinski definition) is 6. The second-order valence-electron chi connectivity index (χ2n) is 10.7. The predicted octanol–water partition coefficient (Wildman–Crippen LogP) is 5.58. The molecule has 1 aliphatic heterocycles. The Morgan fingerprint density at radius 2 is 1.91 bits per heavy atom. The molecular formula is C30H24F3N7O3. The van der Waals surface area contributed by atoms with E-state index in [2.05, 4.69) is 16.3 Å². The zero-order valence-corrected chi connectivity index (χ0v) is 23.1. The molecule has 1 saturated carbocycles. The molecule has 218 valence electrons. The first-order valence-electron chi connectivity index (χ1n) is 13.3. The molecule has 0 radical (unpaired) electrons. The number of pyridine rings is 1. The number of nitriles is 1. The summed E-state index contributed by atoms with van der Waals surface area (Å²) in [6.07, 6.45) is -2.75. The molecule has 1 aliphatic carbocycles. The number of aryl methyl sites for hydroxylation is 1. The van der Waals surface area contributed by atoms with Crippen LogP contribution in [0.15, 0.2) is 48.8 Å². The summed E-state index contributed by atoms with van der Waals surface area (Å²) in [6.45, 7) is -0.663. The van der Waals surface area contributed by atoms with Crippen molar-refractivity contribution in [2.24, 2.45) is 7.05 Å². The molecule has 43 heavy (non-hydrogen) atoms. The minimum Gasteiger partial charge on any atom is -0.465 e. The number of carbonyl (C=O) groups excluding carboxylic acids is 1. The zero-order valence-electron chi connectivity index (χ0n) is 23.1. The summed E-state index contributed by atoms with van der Waals surface area (Å²) >= 11 is 0. The molecule has 2 aliphatic rings. The highest BCUT2D eigenvalue weighted by Crippen LogP contribution is 2.44. The van der Waals surface area contributed by atoms with Crippen molar-refractivity contribution in [1.29, 1.82) is 5.26 Å². The number of hydrogen-bond donors (Lipinski definition) is 1. The van der Waals surface area contributed by atoms with Gasteiger partial charge in [0.1, 0.15) is 12.1 Å². The highest BCUT2D eigenvalue weighted by Gasteiger charge is 2.41. The van der Waals surface area contributed by atoms with Crippen LogP contribution in [0, 0.1) is 11.3 Å². The fourth-order valence-electron chi connectivity index (χ4n) is 5.34. The van der Waals surface area contributed by atoms with E-state index in [0.717, 1.165) is 23.8 Å². The van der Waals surface area contributed by atoms with Crippen LogP contribution in [0.25, 0.3) is 22.5 Å². The van der Waals surface area contributed by atoms with Gasteiger partial charge in [-0.3, -0.25) is 9.69 Å². The standard InChI is InChI=1S/C30H24F3N7O3/c1-38(29(42)43)13-17-8-22-23(24(9-17)30(31,32)33)14-40(28(22)41)26-11-19(10-25(36-26)18-4-5-18)20-6-3-16(12-34)7-21(20)27-37-35-15-39(27)2/h3,6-11,15,18H,4-5,13-14H2,1-2H3,(H,42,43). The second-order valence-corrected chi connectivity index (χ2v) is 10.7. The third-order valence-corrected chi connectivity index (χ3v) is 7.67. The van der Waals surface area contributed by atoms with Crippen LogP contribution in [0.2, 0.25) is 0 Å². The summed E-state index contributed by atoms with van der Waals surface area (Å²) in [5, 5.41) is 26.9. The van der Waals surface area contributed by atoms with E-state index in [1.807, 2.05) is 6.07 Å². The molecule has 10 nitrogen and oxygen atoms in total. The molecule has 0 atom stereocenters. The van der Waals surface area contributed by atoms with Crippen molar-refractivity contribution < 1.29 is 27.9 Å². The van der Waals surface area contributed by atoms with E-state index in [-0.39, 0.29) is 41.5 Å². The first kappa shape index (κ1) is 27.9. The summed E-state index contributed by atoms with van der Waals surface area (Å²) < 4.78 is 44.3. The number of amides is 2. The van der Waals surface area contributed by atoms with Gasteiger partial charge in [0, 0.05) is 43.4 Å². The first-order valence-corrected chi connectivity index (χ1v) is 13.3. The molecule has 0 saturated heterocycles. The Kier molecular flexibility index (Phi) is 6.64. The van der Waals surface area contributed by atoms with E-state index in [1.165, 1.54) is 24.3 Å². The predicted molar refractivity (Wildman–Crippen MR) is 148 cm³/mol. The van der Waals surface area contributed by atoms with Gasteiger partial charge in [-0.05, 0) is 71.5 Å². The maximum Gasteiger partial charge on any atom is 0.416 e. The summed E-state index contributed by atoms with van der Waals surface area (Å²) in [5.41, 5.74) is 1.86. The highest BCUT2D eigenvalue weighted by molar-refractivity contribution is 6.10. The van der Waals surface area contributed by atoms with Crippen LogP contribution in [0.5, 0.6) is 0 Å². The van der Waals surface area contributed by atoms with E-state index < -0.39 is 23.7 Å². The molecule has 0 unspecified atom stereocenters. The summed E-state index contributed by atoms with van der Waals surface area (Å²) in [6, 6.07) is 13.0. The van der Waals surface area contributed by atoms with Crippen molar-refractivity contribution in [3.8, 4) is 28.6 Å². The molecular weight excluding hydrogens is 563 g/mol. The van der Waals surface area contributed by atoms with Gasteiger partial charge in [-0.15, -0.1) is 10.2 Å². The molecule has 4 aromatic rings. The van der Waals surface area contributed by atoms with E-state index >= 15 is 0 Å². The number of fused-ring (bicyclic) bond motifs is 1. The molecule has 2 aromatic heterocycles. The Bertz CT molecular complexity index is 1840. The monoisotopic (exact) mass is 587 g/mol. The lowest BCUT2D eigenvalue weighted by atomic mass is 9.96. The lowest BCUT2D eigenvalue weighted by molar-refractivity contribution is -0.138. The fourth-order valence-corrected chi connectivity index (χ4v) is 5.34. The molecule has 0 spiro atoms. The van der Waals surface area contributed by atoms with Gasteiger partial charge in [0.25, 0.3) is 5.91 Å². The van der Waals surface area contributed by atoms with Crippen molar-refractivity contribution in [3.05, 3.63) is 82.3 Å². The van der Waals surface area contributed by atoms with Crippen molar-refractivity contribution in [2.45, 2.75) is 38.0 Å². The third-order valence-electron chi connectivity index (χ3n) is 7.67. The van der Waals surface area contributed by atoms with Crippen molar-refractivity contribution >= 4 is 17.8 Å². The van der Waals surface area contributed by atoms with Crippen LogP contribution < -0.4 is 4.90 Å². The number of carbonyl (C=O) groups is 2. The Morgan fingerprint density at radius 1 is 1.14 bits per heavy atom. The van der Waals surface area contributed by atoms with Crippen LogP contribution in [0.1, 0.15) is 57.1 Å². The van der Waals surface area contributed by atoms with Gasteiger partial charge in [0.2, 0.25) is 0 Å². The number of aromatic nitrogens is 4. The van der Waals surface area contributed by atoms with Crippen LogP contribution in [0.4, 0.5) is 23.8 Å². The van der Waals surface area contributed by atoms with E-state index in [9.17, 15) is 33.1 Å². The third kappa shape index (κ3) is 5.16. The average Bonchev–Trinajstić information content (AvgIpc) is 3.66. The molecule has 3 heterocycles. The smallest absolute Gasteiger partial charge is 0.416 e. The Morgan fingerprint density at radius 3 is 2.53 bits per heavy atom. The number of alkyl halides is 3. The number of nitrogens with zero attached hydrogens (tertiary/aromatic N) is 7. The second kappa shape index (κ2) is 10.2. The van der Waals surface area contributed by atoms with Gasteiger partial charge in [-0.1, -0.05) is 6.07 Å². The maximum atomic E-state index is 14.2. The SMILES string of the molecule is CN(Cc1cc2c(c(C(F)(F)F)c1)CN(c1cc(-c3ccc(C#N)cc3-c3nncn3C)cc(C3CC3)n1)C2=O)C(=O)O. The summed E-state index contributed by atoms with van der Waals surface area (Å²) in [7, 11) is 3.01. The number of carboxylic acid groups (broad SMARTS) is 1. The molecule has 0 bridgehead atoms. The Labute approximate surface area is 243 Å². The van der Waals surface area contributed by atoms with Gasteiger partial charge in [0.15, 0.2) is 5.82 Å². The fraction of sp³-hybridized carbons (Fsp3) is 0.267. The maximum absolute atomic E-state index is 14.2. The number of benzene rings is 2. The molecule has 2 aromatic carbocycles. The van der Waals surface area contributed by atoms with Gasteiger partial charge < -0.3 is 14.6 Å².